The average molecular weight is 369 g/mol. The van der Waals surface area contributed by atoms with Gasteiger partial charge in [-0.25, -0.2) is 4.98 Å². The van der Waals surface area contributed by atoms with Gasteiger partial charge in [-0.2, -0.15) is 0 Å². The fourth-order valence-electron chi connectivity index (χ4n) is 3.99. The van der Waals surface area contributed by atoms with Gasteiger partial charge in [0.15, 0.2) is 0 Å². The molecule has 0 saturated carbocycles. The van der Waals surface area contributed by atoms with Gasteiger partial charge in [-0.3, -0.25) is 9.59 Å². The normalized spacial score (nSPS) is 22.2. The number of benzene rings is 1. The van der Waals surface area contributed by atoms with Gasteiger partial charge in [-0.05, 0) is 44.2 Å². The lowest BCUT2D eigenvalue weighted by Crippen LogP contribution is -2.34. The number of aromatic nitrogens is 1. The Bertz CT molecular complexity index is 832. The highest BCUT2D eigenvalue weighted by Crippen LogP contribution is 2.34. The zero-order valence-electron chi connectivity index (χ0n) is 14.9. The number of rotatable bonds is 4. The third-order valence-corrected chi connectivity index (χ3v) is 6.16. The van der Waals surface area contributed by atoms with E-state index in [-0.39, 0.29) is 23.8 Å². The first-order valence-corrected chi connectivity index (χ1v) is 10.1. The van der Waals surface area contributed by atoms with Crippen molar-refractivity contribution in [2.75, 3.05) is 11.9 Å². The minimum atomic E-state index is -0.128. The predicted octanol–water partition coefficient (Wildman–Crippen LogP) is 3.71. The number of anilines is 1. The van der Waals surface area contributed by atoms with E-state index < -0.39 is 0 Å². The summed E-state index contributed by atoms with van der Waals surface area (Å²) in [6, 6.07) is 8.00. The number of aryl methyl sites for hydroxylation is 1. The summed E-state index contributed by atoms with van der Waals surface area (Å²) in [4.78, 5) is 31.7. The van der Waals surface area contributed by atoms with Gasteiger partial charge in [-0.1, -0.05) is 18.2 Å². The SMILES string of the molecule is Cc1nc(C2CCCN2C(=O)CCC2Cc3ccccc3NC2=O)cs1. The topological polar surface area (TPSA) is 62.3 Å². The Morgan fingerprint density at radius 2 is 2.23 bits per heavy atom. The quantitative estimate of drug-likeness (QED) is 0.894. The Balaban J connectivity index is 1.38. The van der Waals surface area contributed by atoms with Gasteiger partial charge in [0, 0.05) is 30.0 Å². The highest BCUT2D eigenvalue weighted by Gasteiger charge is 2.32. The summed E-state index contributed by atoms with van der Waals surface area (Å²) >= 11 is 1.63. The largest absolute Gasteiger partial charge is 0.334 e. The van der Waals surface area contributed by atoms with Gasteiger partial charge in [0.05, 0.1) is 16.7 Å². The lowest BCUT2D eigenvalue weighted by atomic mass is 9.89. The van der Waals surface area contributed by atoms with Crippen molar-refractivity contribution in [1.29, 1.82) is 0 Å². The molecule has 3 heterocycles. The molecule has 26 heavy (non-hydrogen) atoms. The highest BCUT2D eigenvalue weighted by molar-refractivity contribution is 7.09. The van der Waals surface area contributed by atoms with Gasteiger partial charge in [-0.15, -0.1) is 11.3 Å². The van der Waals surface area contributed by atoms with Crippen LogP contribution in [-0.4, -0.2) is 28.2 Å². The maximum atomic E-state index is 12.8. The van der Waals surface area contributed by atoms with E-state index >= 15 is 0 Å². The fraction of sp³-hybridized carbons (Fsp3) is 0.450. The number of amides is 2. The molecule has 136 valence electrons. The molecule has 2 amide bonds. The molecule has 1 N–H and O–H groups in total. The maximum Gasteiger partial charge on any atom is 0.227 e. The summed E-state index contributed by atoms with van der Waals surface area (Å²) in [5.74, 6) is 0.0471. The number of carbonyl (C=O) groups is 2. The van der Waals surface area contributed by atoms with Crippen molar-refractivity contribution >= 4 is 28.8 Å². The molecule has 1 aromatic heterocycles. The molecule has 0 radical (unpaired) electrons. The molecule has 2 aliphatic rings. The number of para-hydroxylation sites is 1. The number of hydrogen-bond donors (Lipinski definition) is 1. The van der Waals surface area contributed by atoms with Crippen LogP contribution in [0.5, 0.6) is 0 Å². The number of nitrogens with zero attached hydrogens (tertiary/aromatic N) is 2. The smallest absolute Gasteiger partial charge is 0.227 e. The summed E-state index contributed by atoms with van der Waals surface area (Å²) in [6.45, 7) is 2.79. The summed E-state index contributed by atoms with van der Waals surface area (Å²) in [7, 11) is 0. The van der Waals surface area contributed by atoms with Gasteiger partial charge in [0.25, 0.3) is 0 Å². The van der Waals surface area contributed by atoms with E-state index in [4.69, 9.17) is 0 Å². The van der Waals surface area contributed by atoms with Crippen LogP contribution in [0.2, 0.25) is 0 Å². The van der Waals surface area contributed by atoms with Crippen LogP contribution in [0, 0.1) is 12.8 Å². The first-order chi connectivity index (χ1) is 12.6. The zero-order chi connectivity index (χ0) is 18.1. The Hall–Kier alpha value is -2.21. The number of carbonyl (C=O) groups excluding carboxylic acids is 2. The molecule has 0 bridgehead atoms. The van der Waals surface area contributed by atoms with Crippen molar-refractivity contribution < 1.29 is 9.59 Å². The third-order valence-electron chi connectivity index (χ3n) is 5.37. The lowest BCUT2D eigenvalue weighted by molar-refractivity contribution is -0.132. The predicted molar refractivity (Wildman–Crippen MR) is 102 cm³/mol. The first-order valence-electron chi connectivity index (χ1n) is 9.22. The maximum absolute atomic E-state index is 12.8. The molecular weight excluding hydrogens is 346 g/mol. The van der Waals surface area contributed by atoms with Crippen molar-refractivity contribution in [3.05, 3.63) is 45.9 Å². The molecule has 1 fully saturated rings. The Labute approximate surface area is 157 Å². The first kappa shape index (κ1) is 17.2. The van der Waals surface area contributed by atoms with E-state index in [9.17, 15) is 9.59 Å². The molecule has 0 spiro atoms. The average Bonchev–Trinajstić information content (AvgIpc) is 3.28. The van der Waals surface area contributed by atoms with E-state index in [1.54, 1.807) is 11.3 Å². The molecule has 6 heteroatoms. The lowest BCUT2D eigenvalue weighted by Gasteiger charge is -2.27. The summed E-state index contributed by atoms with van der Waals surface area (Å²) < 4.78 is 0. The number of likely N-dealkylation sites (tertiary alicyclic amines) is 1. The molecule has 1 saturated heterocycles. The van der Waals surface area contributed by atoms with Crippen molar-refractivity contribution in [2.24, 2.45) is 5.92 Å². The summed E-state index contributed by atoms with van der Waals surface area (Å²) in [5.41, 5.74) is 3.07. The second-order valence-corrected chi connectivity index (χ2v) is 8.18. The summed E-state index contributed by atoms with van der Waals surface area (Å²) in [6.07, 6.45) is 3.72. The van der Waals surface area contributed by atoms with Gasteiger partial charge in [0.1, 0.15) is 0 Å². The number of hydrogen-bond acceptors (Lipinski definition) is 4. The molecule has 2 atom stereocenters. The molecule has 2 aromatic rings. The molecule has 1 aromatic carbocycles. The minimum absolute atomic E-state index is 0.0320. The van der Waals surface area contributed by atoms with Crippen molar-refractivity contribution in [3.8, 4) is 0 Å². The number of fused-ring (bicyclic) bond motifs is 1. The number of thiazole rings is 1. The fourth-order valence-corrected chi connectivity index (χ4v) is 4.65. The molecule has 0 aliphatic carbocycles. The Kier molecular flexibility index (Phi) is 4.76. The van der Waals surface area contributed by atoms with Crippen LogP contribution in [0.4, 0.5) is 5.69 Å². The second-order valence-electron chi connectivity index (χ2n) is 7.12. The van der Waals surface area contributed by atoms with Crippen LogP contribution in [0.1, 0.15) is 48.0 Å². The zero-order valence-corrected chi connectivity index (χ0v) is 15.7. The Morgan fingerprint density at radius 3 is 3.04 bits per heavy atom. The van der Waals surface area contributed by atoms with Crippen LogP contribution in [0.15, 0.2) is 29.6 Å². The van der Waals surface area contributed by atoms with Crippen molar-refractivity contribution in [1.82, 2.24) is 9.88 Å². The van der Waals surface area contributed by atoms with E-state index in [0.29, 0.717) is 19.3 Å². The molecular formula is C20H23N3O2S. The van der Waals surface area contributed by atoms with E-state index in [2.05, 4.69) is 15.7 Å². The van der Waals surface area contributed by atoms with Crippen LogP contribution in [0.25, 0.3) is 0 Å². The van der Waals surface area contributed by atoms with Gasteiger partial charge in [0.2, 0.25) is 11.8 Å². The van der Waals surface area contributed by atoms with Gasteiger partial charge >= 0.3 is 0 Å². The van der Waals surface area contributed by atoms with Crippen LogP contribution < -0.4 is 5.32 Å². The van der Waals surface area contributed by atoms with Crippen LogP contribution >= 0.6 is 11.3 Å². The van der Waals surface area contributed by atoms with Crippen LogP contribution in [0.3, 0.4) is 0 Å². The van der Waals surface area contributed by atoms with Crippen LogP contribution in [-0.2, 0) is 16.0 Å². The minimum Gasteiger partial charge on any atom is -0.334 e. The Morgan fingerprint density at radius 1 is 1.38 bits per heavy atom. The van der Waals surface area contributed by atoms with Crippen molar-refractivity contribution in [3.63, 3.8) is 0 Å². The monoisotopic (exact) mass is 369 g/mol. The standard InChI is InChI=1S/C20H23N3O2S/c1-13-21-17(12-26-13)18-7-4-10-23(18)19(24)9-8-15-11-14-5-2-3-6-16(14)22-20(15)25/h2-3,5-6,12,15,18H,4,7-11H2,1H3,(H,22,25). The number of nitrogens with one attached hydrogen (secondary N) is 1. The van der Waals surface area contributed by atoms with E-state index in [0.717, 1.165) is 41.3 Å². The van der Waals surface area contributed by atoms with E-state index in [1.165, 1.54) is 0 Å². The van der Waals surface area contributed by atoms with E-state index in [1.807, 2.05) is 36.1 Å². The molecule has 2 unspecified atom stereocenters. The highest BCUT2D eigenvalue weighted by atomic mass is 32.1. The molecule has 4 rings (SSSR count). The second kappa shape index (κ2) is 7.19. The third kappa shape index (κ3) is 3.38. The molecule has 5 nitrogen and oxygen atoms in total. The summed E-state index contributed by atoms with van der Waals surface area (Å²) in [5, 5.41) is 6.07. The van der Waals surface area contributed by atoms with Gasteiger partial charge < -0.3 is 10.2 Å². The van der Waals surface area contributed by atoms with Crippen molar-refractivity contribution in [2.45, 2.75) is 45.1 Å². The molecule has 2 aliphatic heterocycles.